The topological polar surface area (TPSA) is 80.9 Å². The standard InChI is InChI=1S/C6H4Br2O2.C6H6O2/c7-3-1-4(8)6(10)2-5(3)9;7-5-2-1-3-6(8)4-5/h1-2,9-10H;1-4,7-8H. The molecule has 0 radical (unpaired) electrons. The molecule has 0 unspecified atom stereocenters. The summed E-state index contributed by atoms with van der Waals surface area (Å²) in [7, 11) is 0. The Morgan fingerprint density at radius 3 is 1.39 bits per heavy atom. The van der Waals surface area contributed by atoms with E-state index >= 15 is 0 Å². The number of hydrogen-bond acceptors (Lipinski definition) is 4. The van der Waals surface area contributed by atoms with E-state index in [9.17, 15) is 0 Å². The lowest BCUT2D eigenvalue weighted by Gasteiger charge is -1.99. The lowest BCUT2D eigenvalue weighted by molar-refractivity contribution is 0.446. The van der Waals surface area contributed by atoms with Gasteiger partial charge in [-0.15, -0.1) is 0 Å². The average molecular weight is 378 g/mol. The maximum atomic E-state index is 9.00. The molecular weight excluding hydrogens is 368 g/mol. The molecule has 0 aromatic heterocycles. The molecule has 2 rings (SSSR count). The minimum Gasteiger partial charge on any atom is -0.508 e. The molecule has 4 nitrogen and oxygen atoms in total. The highest BCUT2D eigenvalue weighted by molar-refractivity contribution is 9.11. The van der Waals surface area contributed by atoms with Crippen LogP contribution >= 0.6 is 31.9 Å². The average Bonchev–Trinajstić information content (AvgIpc) is 2.27. The molecule has 0 fully saturated rings. The normalized spacial score (nSPS) is 9.44. The Labute approximate surface area is 120 Å². The van der Waals surface area contributed by atoms with Gasteiger partial charge in [0.2, 0.25) is 0 Å². The first-order chi connectivity index (χ1) is 8.40. The number of halogens is 2. The molecule has 96 valence electrons. The molecule has 0 atom stereocenters. The third-order valence-corrected chi connectivity index (χ3v) is 3.12. The highest BCUT2D eigenvalue weighted by Gasteiger charge is 2.02. The summed E-state index contributed by atoms with van der Waals surface area (Å²) in [6, 6.07) is 8.68. The Balaban J connectivity index is 0.000000184. The fraction of sp³-hybridized carbons (Fsp3) is 0. The van der Waals surface area contributed by atoms with Gasteiger partial charge < -0.3 is 20.4 Å². The van der Waals surface area contributed by atoms with Crippen molar-refractivity contribution in [3.05, 3.63) is 45.3 Å². The molecule has 0 bridgehead atoms. The van der Waals surface area contributed by atoms with Gasteiger partial charge in [-0.3, -0.25) is 0 Å². The second-order valence-corrected chi connectivity index (χ2v) is 4.98. The highest BCUT2D eigenvalue weighted by Crippen LogP contribution is 2.34. The summed E-state index contributed by atoms with van der Waals surface area (Å²) >= 11 is 6.18. The summed E-state index contributed by atoms with van der Waals surface area (Å²) in [6.07, 6.45) is 0. The Kier molecular flexibility index (Phi) is 5.30. The van der Waals surface area contributed by atoms with E-state index in [1.54, 1.807) is 12.1 Å². The van der Waals surface area contributed by atoms with E-state index in [2.05, 4.69) is 31.9 Å². The molecular formula is C12H10Br2O4. The van der Waals surface area contributed by atoms with Gasteiger partial charge in [-0.25, -0.2) is 0 Å². The first kappa shape index (κ1) is 14.7. The third-order valence-electron chi connectivity index (χ3n) is 1.85. The molecule has 0 saturated carbocycles. The quantitative estimate of drug-likeness (QED) is 0.564. The second-order valence-electron chi connectivity index (χ2n) is 3.27. The minimum absolute atomic E-state index is 0.0284. The number of phenols is 4. The van der Waals surface area contributed by atoms with Gasteiger partial charge in [-0.2, -0.15) is 0 Å². The smallest absolute Gasteiger partial charge is 0.133 e. The number of benzene rings is 2. The summed E-state index contributed by atoms with van der Waals surface area (Å²) in [5.41, 5.74) is 0. The van der Waals surface area contributed by atoms with Gasteiger partial charge in [-0.1, -0.05) is 6.07 Å². The predicted molar refractivity (Wildman–Crippen MR) is 74.9 cm³/mol. The molecule has 2 aromatic carbocycles. The van der Waals surface area contributed by atoms with E-state index in [1.165, 1.54) is 24.3 Å². The number of phenolic OH excluding ortho intramolecular Hbond substituents is 4. The van der Waals surface area contributed by atoms with Crippen molar-refractivity contribution < 1.29 is 20.4 Å². The zero-order valence-electron chi connectivity index (χ0n) is 9.01. The second kappa shape index (κ2) is 6.51. The van der Waals surface area contributed by atoms with Crippen LogP contribution in [-0.4, -0.2) is 20.4 Å². The SMILES string of the molecule is Oc1cc(O)c(Br)cc1Br.Oc1cccc(O)c1. The van der Waals surface area contributed by atoms with Crippen molar-refractivity contribution in [2.75, 3.05) is 0 Å². The highest BCUT2D eigenvalue weighted by atomic mass is 79.9. The lowest BCUT2D eigenvalue weighted by Crippen LogP contribution is -1.71. The number of hydrogen-bond donors (Lipinski definition) is 4. The fourth-order valence-corrected chi connectivity index (χ4v) is 2.01. The molecule has 4 N–H and O–H groups in total. The van der Waals surface area contributed by atoms with Gasteiger partial charge in [0, 0.05) is 12.1 Å². The first-order valence-electron chi connectivity index (χ1n) is 4.75. The van der Waals surface area contributed by atoms with Crippen LogP contribution in [-0.2, 0) is 0 Å². The van der Waals surface area contributed by atoms with Crippen LogP contribution in [0, 0.1) is 0 Å². The molecule has 18 heavy (non-hydrogen) atoms. The lowest BCUT2D eigenvalue weighted by atomic mass is 10.3. The summed E-state index contributed by atoms with van der Waals surface area (Å²) in [6.45, 7) is 0. The zero-order valence-corrected chi connectivity index (χ0v) is 12.2. The summed E-state index contributed by atoms with van der Waals surface area (Å²) in [4.78, 5) is 0. The molecule has 0 aliphatic carbocycles. The van der Waals surface area contributed by atoms with Gasteiger partial charge in [0.15, 0.2) is 0 Å². The van der Waals surface area contributed by atoms with Gasteiger partial charge in [0.1, 0.15) is 23.0 Å². The first-order valence-corrected chi connectivity index (χ1v) is 6.33. The van der Waals surface area contributed by atoms with E-state index < -0.39 is 0 Å². The van der Waals surface area contributed by atoms with Crippen molar-refractivity contribution in [1.29, 1.82) is 0 Å². The van der Waals surface area contributed by atoms with Gasteiger partial charge in [-0.05, 0) is 50.1 Å². The van der Waals surface area contributed by atoms with E-state index in [4.69, 9.17) is 20.4 Å². The van der Waals surface area contributed by atoms with Crippen molar-refractivity contribution in [2.24, 2.45) is 0 Å². The van der Waals surface area contributed by atoms with Crippen LogP contribution in [0.4, 0.5) is 0 Å². The van der Waals surface area contributed by atoms with Crippen LogP contribution in [0.15, 0.2) is 45.3 Å². The van der Waals surface area contributed by atoms with Crippen molar-refractivity contribution in [1.82, 2.24) is 0 Å². The Morgan fingerprint density at radius 1 is 0.667 bits per heavy atom. The van der Waals surface area contributed by atoms with Crippen molar-refractivity contribution in [3.63, 3.8) is 0 Å². The molecule has 0 heterocycles. The van der Waals surface area contributed by atoms with Gasteiger partial charge >= 0.3 is 0 Å². The van der Waals surface area contributed by atoms with Gasteiger partial charge in [0.25, 0.3) is 0 Å². The fourth-order valence-electron chi connectivity index (χ4n) is 1.02. The number of aromatic hydroxyl groups is 4. The van der Waals surface area contributed by atoms with Crippen molar-refractivity contribution >= 4 is 31.9 Å². The third kappa shape index (κ3) is 4.46. The molecule has 6 heteroatoms. The zero-order chi connectivity index (χ0) is 13.7. The van der Waals surface area contributed by atoms with Gasteiger partial charge in [0.05, 0.1) is 8.95 Å². The van der Waals surface area contributed by atoms with Crippen LogP contribution in [0.1, 0.15) is 0 Å². The summed E-state index contributed by atoms with van der Waals surface area (Å²) in [5, 5.41) is 35.3. The Hall–Kier alpha value is -1.40. The summed E-state index contributed by atoms with van der Waals surface area (Å²) < 4.78 is 1.11. The van der Waals surface area contributed by atoms with Crippen molar-refractivity contribution in [3.8, 4) is 23.0 Å². The minimum atomic E-state index is 0.0284. The Bertz CT molecular complexity index is 476. The van der Waals surface area contributed by atoms with Crippen LogP contribution in [0.5, 0.6) is 23.0 Å². The molecule has 0 amide bonds. The molecule has 0 aliphatic heterocycles. The van der Waals surface area contributed by atoms with E-state index in [0.29, 0.717) is 8.95 Å². The molecule has 0 aliphatic rings. The maximum absolute atomic E-state index is 9.00. The molecule has 0 spiro atoms. The largest absolute Gasteiger partial charge is 0.508 e. The number of rotatable bonds is 0. The van der Waals surface area contributed by atoms with E-state index in [1.807, 2.05) is 0 Å². The maximum Gasteiger partial charge on any atom is 0.133 e. The molecule has 0 saturated heterocycles. The molecule has 2 aromatic rings. The van der Waals surface area contributed by atoms with Crippen LogP contribution in [0.3, 0.4) is 0 Å². The van der Waals surface area contributed by atoms with Crippen LogP contribution in [0.25, 0.3) is 0 Å². The monoisotopic (exact) mass is 376 g/mol. The van der Waals surface area contributed by atoms with Crippen LogP contribution in [0.2, 0.25) is 0 Å². The van der Waals surface area contributed by atoms with E-state index in [-0.39, 0.29) is 23.0 Å². The summed E-state index contributed by atoms with van der Waals surface area (Å²) in [5.74, 6) is 0.233. The van der Waals surface area contributed by atoms with Crippen molar-refractivity contribution in [2.45, 2.75) is 0 Å². The van der Waals surface area contributed by atoms with Crippen LogP contribution < -0.4 is 0 Å². The predicted octanol–water partition coefficient (Wildman–Crippen LogP) is 3.72. The van der Waals surface area contributed by atoms with E-state index in [0.717, 1.165) is 0 Å². The Morgan fingerprint density at radius 2 is 1.11 bits per heavy atom.